The first-order valence-corrected chi connectivity index (χ1v) is 6.30. The second kappa shape index (κ2) is 5.31. The van der Waals surface area contributed by atoms with Gasteiger partial charge >= 0.3 is 0 Å². The number of nitrogens with zero attached hydrogens (tertiary/aromatic N) is 2. The molecule has 0 spiro atoms. The molecule has 2 aromatic rings. The molecule has 0 saturated carbocycles. The molecule has 0 saturated heterocycles. The quantitative estimate of drug-likeness (QED) is 0.899. The zero-order valence-electron chi connectivity index (χ0n) is 11.1. The van der Waals surface area contributed by atoms with Crippen LogP contribution in [0.5, 0.6) is 0 Å². The van der Waals surface area contributed by atoms with E-state index in [1.165, 1.54) is 5.56 Å². The molecule has 0 radical (unpaired) electrons. The standard InChI is InChI=1S/C14H19N3O/c1-4-10-5-7-11(8-6-10)14-16-13(17-18-14)12(15)9(2)3/h5-9,12H,4,15H2,1-3H3. The summed E-state index contributed by atoms with van der Waals surface area (Å²) in [6.45, 7) is 6.20. The van der Waals surface area contributed by atoms with Crippen LogP contribution in [0.1, 0.15) is 38.2 Å². The first-order chi connectivity index (χ1) is 8.61. The lowest BCUT2D eigenvalue weighted by atomic mass is 10.1. The summed E-state index contributed by atoms with van der Waals surface area (Å²) in [7, 11) is 0. The van der Waals surface area contributed by atoms with Crippen molar-refractivity contribution in [2.75, 3.05) is 0 Å². The van der Waals surface area contributed by atoms with E-state index in [0.29, 0.717) is 11.7 Å². The highest BCUT2D eigenvalue weighted by atomic mass is 16.5. The largest absolute Gasteiger partial charge is 0.334 e. The van der Waals surface area contributed by atoms with E-state index >= 15 is 0 Å². The molecule has 2 rings (SSSR count). The number of hydrogen-bond acceptors (Lipinski definition) is 4. The van der Waals surface area contributed by atoms with Gasteiger partial charge in [0.1, 0.15) is 0 Å². The first kappa shape index (κ1) is 12.8. The van der Waals surface area contributed by atoms with E-state index in [4.69, 9.17) is 10.3 Å². The van der Waals surface area contributed by atoms with Gasteiger partial charge in [-0.2, -0.15) is 4.98 Å². The van der Waals surface area contributed by atoms with E-state index in [1.54, 1.807) is 0 Å². The minimum Gasteiger partial charge on any atom is -0.334 e. The summed E-state index contributed by atoms with van der Waals surface area (Å²) in [5.74, 6) is 1.39. The Kier molecular flexibility index (Phi) is 3.77. The van der Waals surface area contributed by atoms with Crippen molar-refractivity contribution in [3.8, 4) is 11.5 Å². The monoisotopic (exact) mass is 245 g/mol. The van der Waals surface area contributed by atoms with Crippen molar-refractivity contribution in [2.45, 2.75) is 33.2 Å². The highest BCUT2D eigenvalue weighted by molar-refractivity contribution is 5.53. The Morgan fingerprint density at radius 3 is 2.44 bits per heavy atom. The third-order valence-corrected chi connectivity index (χ3v) is 3.07. The Bertz CT molecular complexity index is 502. The molecule has 0 aliphatic carbocycles. The molecule has 0 aliphatic rings. The van der Waals surface area contributed by atoms with Crippen molar-refractivity contribution in [3.63, 3.8) is 0 Å². The van der Waals surface area contributed by atoms with Gasteiger partial charge in [0.2, 0.25) is 0 Å². The minimum absolute atomic E-state index is 0.183. The van der Waals surface area contributed by atoms with Crippen LogP contribution in [0.4, 0.5) is 0 Å². The second-order valence-corrected chi connectivity index (χ2v) is 4.78. The van der Waals surface area contributed by atoms with E-state index in [-0.39, 0.29) is 12.0 Å². The SMILES string of the molecule is CCc1ccc(-c2nc(C(N)C(C)C)no2)cc1. The number of benzene rings is 1. The fourth-order valence-corrected chi connectivity index (χ4v) is 1.67. The number of aryl methyl sites for hydroxylation is 1. The molecule has 0 amide bonds. The Balaban J connectivity index is 2.23. The summed E-state index contributed by atoms with van der Waals surface area (Å²) in [6.07, 6.45) is 1.02. The van der Waals surface area contributed by atoms with Gasteiger partial charge in [-0.1, -0.05) is 38.1 Å². The van der Waals surface area contributed by atoms with Crippen molar-refractivity contribution in [3.05, 3.63) is 35.7 Å². The Hall–Kier alpha value is -1.68. The molecule has 2 N–H and O–H groups in total. The van der Waals surface area contributed by atoms with E-state index in [0.717, 1.165) is 12.0 Å². The molecule has 18 heavy (non-hydrogen) atoms. The molecule has 4 heteroatoms. The lowest BCUT2D eigenvalue weighted by Crippen LogP contribution is -2.18. The molecular weight excluding hydrogens is 226 g/mol. The molecule has 1 atom stereocenters. The topological polar surface area (TPSA) is 64.9 Å². The van der Waals surface area contributed by atoms with Gasteiger partial charge in [0.15, 0.2) is 5.82 Å². The second-order valence-electron chi connectivity index (χ2n) is 4.78. The van der Waals surface area contributed by atoms with Crippen LogP contribution >= 0.6 is 0 Å². The van der Waals surface area contributed by atoms with Gasteiger partial charge < -0.3 is 10.3 Å². The van der Waals surface area contributed by atoms with Crippen molar-refractivity contribution in [2.24, 2.45) is 11.7 Å². The maximum Gasteiger partial charge on any atom is 0.257 e. The maximum atomic E-state index is 5.99. The average Bonchev–Trinajstić information content (AvgIpc) is 2.87. The van der Waals surface area contributed by atoms with Gasteiger partial charge in [-0.15, -0.1) is 0 Å². The van der Waals surface area contributed by atoms with E-state index < -0.39 is 0 Å². The summed E-state index contributed by atoms with van der Waals surface area (Å²) in [5.41, 5.74) is 8.21. The van der Waals surface area contributed by atoms with Crippen molar-refractivity contribution in [1.29, 1.82) is 0 Å². The number of hydrogen-bond donors (Lipinski definition) is 1. The Morgan fingerprint density at radius 2 is 1.89 bits per heavy atom. The highest BCUT2D eigenvalue weighted by Gasteiger charge is 2.17. The molecule has 96 valence electrons. The summed E-state index contributed by atoms with van der Waals surface area (Å²) in [6, 6.07) is 7.95. The fourth-order valence-electron chi connectivity index (χ4n) is 1.67. The molecule has 0 fully saturated rings. The van der Waals surface area contributed by atoms with Crippen LogP contribution in [0, 0.1) is 5.92 Å². The minimum atomic E-state index is -0.183. The molecule has 1 aromatic heterocycles. The predicted molar refractivity (Wildman–Crippen MR) is 70.9 cm³/mol. The van der Waals surface area contributed by atoms with E-state index in [2.05, 4.69) is 29.2 Å². The van der Waals surface area contributed by atoms with E-state index in [9.17, 15) is 0 Å². The van der Waals surface area contributed by atoms with Gasteiger partial charge in [0.25, 0.3) is 5.89 Å². The maximum absolute atomic E-state index is 5.99. The molecule has 1 unspecified atom stereocenters. The van der Waals surface area contributed by atoms with Crippen LogP contribution < -0.4 is 5.73 Å². The lowest BCUT2D eigenvalue weighted by Gasteiger charge is -2.09. The zero-order valence-corrected chi connectivity index (χ0v) is 11.1. The Labute approximate surface area is 107 Å². The number of aromatic nitrogens is 2. The first-order valence-electron chi connectivity index (χ1n) is 6.30. The molecule has 1 aromatic carbocycles. The summed E-state index contributed by atoms with van der Waals surface area (Å²) >= 11 is 0. The van der Waals surface area contributed by atoms with E-state index in [1.807, 2.05) is 26.0 Å². The molecule has 1 heterocycles. The van der Waals surface area contributed by atoms with Crippen LogP contribution in [0.25, 0.3) is 11.5 Å². The van der Waals surface area contributed by atoms with Crippen LogP contribution in [0.2, 0.25) is 0 Å². The third kappa shape index (κ3) is 2.59. The lowest BCUT2D eigenvalue weighted by molar-refractivity contribution is 0.400. The van der Waals surface area contributed by atoms with Crippen LogP contribution in [0.15, 0.2) is 28.8 Å². The van der Waals surface area contributed by atoms with Gasteiger partial charge in [-0.05, 0) is 30.0 Å². The number of rotatable bonds is 4. The van der Waals surface area contributed by atoms with Gasteiger partial charge in [0.05, 0.1) is 6.04 Å². The molecule has 0 aliphatic heterocycles. The number of nitrogens with two attached hydrogens (primary N) is 1. The fraction of sp³-hybridized carbons (Fsp3) is 0.429. The van der Waals surface area contributed by atoms with Gasteiger partial charge in [-0.3, -0.25) is 0 Å². The van der Waals surface area contributed by atoms with Gasteiger partial charge in [-0.25, -0.2) is 0 Å². The third-order valence-electron chi connectivity index (χ3n) is 3.07. The van der Waals surface area contributed by atoms with Crippen LogP contribution in [0.3, 0.4) is 0 Å². The molecular formula is C14H19N3O. The summed E-state index contributed by atoms with van der Waals surface area (Å²) < 4.78 is 5.25. The predicted octanol–water partition coefficient (Wildman–Crippen LogP) is 2.95. The molecule has 4 nitrogen and oxygen atoms in total. The van der Waals surface area contributed by atoms with Gasteiger partial charge in [0, 0.05) is 5.56 Å². The zero-order chi connectivity index (χ0) is 13.1. The van der Waals surface area contributed by atoms with Crippen molar-refractivity contribution < 1.29 is 4.52 Å². The summed E-state index contributed by atoms with van der Waals surface area (Å²) in [5, 5.41) is 3.95. The normalized spacial score (nSPS) is 12.9. The van der Waals surface area contributed by atoms with Crippen molar-refractivity contribution >= 4 is 0 Å². The van der Waals surface area contributed by atoms with Crippen molar-refractivity contribution in [1.82, 2.24) is 10.1 Å². The van der Waals surface area contributed by atoms with Crippen LogP contribution in [-0.4, -0.2) is 10.1 Å². The smallest absolute Gasteiger partial charge is 0.257 e. The Morgan fingerprint density at radius 1 is 1.22 bits per heavy atom. The summed E-state index contributed by atoms with van der Waals surface area (Å²) in [4.78, 5) is 4.35. The van der Waals surface area contributed by atoms with Crippen LogP contribution in [-0.2, 0) is 6.42 Å². The highest BCUT2D eigenvalue weighted by Crippen LogP contribution is 2.22. The molecule has 0 bridgehead atoms. The average molecular weight is 245 g/mol.